The van der Waals surface area contributed by atoms with E-state index in [9.17, 15) is 19.5 Å². The van der Waals surface area contributed by atoms with Crippen molar-refractivity contribution in [1.82, 2.24) is 10.6 Å². The molecule has 0 aromatic heterocycles. The molecule has 4 rings (SSSR count). The minimum absolute atomic E-state index is 0.00436. The zero-order valence-corrected chi connectivity index (χ0v) is 19.0. The third-order valence-electron chi connectivity index (χ3n) is 7.15. The molecule has 2 aliphatic rings. The number of rotatable bonds is 8. The number of fused-ring (bicyclic) bond motifs is 3. The highest BCUT2D eigenvalue weighted by Crippen LogP contribution is 2.44. The van der Waals surface area contributed by atoms with Crippen LogP contribution in [-0.2, 0) is 14.3 Å². The van der Waals surface area contributed by atoms with Gasteiger partial charge in [0, 0.05) is 17.9 Å². The number of alkyl carbamates (subject to hydrolysis) is 1. The average molecular weight is 451 g/mol. The van der Waals surface area contributed by atoms with Gasteiger partial charge >= 0.3 is 12.1 Å². The van der Waals surface area contributed by atoms with Gasteiger partial charge < -0.3 is 20.5 Å². The molecule has 0 unspecified atom stereocenters. The monoisotopic (exact) mass is 450 g/mol. The first kappa shape index (κ1) is 22.8. The van der Waals surface area contributed by atoms with Crippen molar-refractivity contribution in [3.8, 4) is 11.1 Å². The summed E-state index contributed by atoms with van der Waals surface area (Å²) in [6, 6.07) is 16.2. The van der Waals surface area contributed by atoms with Gasteiger partial charge in [0.1, 0.15) is 12.1 Å². The summed E-state index contributed by atoms with van der Waals surface area (Å²) in [6.45, 7) is 3.74. The number of hydrogen-bond acceptors (Lipinski definition) is 4. The van der Waals surface area contributed by atoms with Crippen LogP contribution in [0.15, 0.2) is 48.5 Å². The fourth-order valence-electron chi connectivity index (χ4n) is 4.88. The molecule has 1 saturated carbocycles. The van der Waals surface area contributed by atoms with Gasteiger partial charge in [-0.05, 0) is 47.9 Å². The van der Waals surface area contributed by atoms with Crippen LogP contribution in [0.25, 0.3) is 11.1 Å². The van der Waals surface area contributed by atoms with Crippen molar-refractivity contribution in [1.29, 1.82) is 0 Å². The summed E-state index contributed by atoms with van der Waals surface area (Å²) in [5, 5.41) is 15.0. The lowest BCUT2D eigenvalue weighted by Crippen LogP contribution is -2.58. The molecule has 0 heterocycles. The molecule has 0 atom stereocenters. The van der Waals surface area contributed by atoms with Crippen LogP contribution in [0, 0.1) is 5.92 Å². The van der Waals surface area contributed by atoms with Gasteiger partial charge in [0.15, 0.2) is 0 Å². The number of benzene rings is 2. The predicted octanol–water partition coefficient (Wildman–Crippen LogP) is 4.06. The molecular formula is C26H30N2O5. The summed E-state index contributed by atoms with van der Waals surface area (Å²) in [5.74, 6) is -1.60. The fourth-order valence-corrected chi connectivity index (χ4v) is 4.88. The summed E-state index contributed by atoms with van der Waals surface area (Å²) in [6.07, 6.45) is 1.08. The van der Waals surface area contributed by atoms with Crippen molar-refractivity contribution in [2.24, 2.45) is 5.92 Å². The normalized spacial score (nSPS) is 19.1. The first-order valence-corrected chi connectivity index (χ1v) is 11.6. The summed E-state index contributed by atoms with van der Waals surface area (Å²) in [4.78, 5) is 36.5. The number of amides is 2. The molecule has 0 radical (unpaired) electrons. The van der Waals surface area contributed by atoms with Gasteiger partial charge in [-0.15, -0.1) is 0 Å². The van der Waals surface area contributed by atoms with E-state index < -0.39 is 17.6 Å². The first-order chi connectivity index (χ1) is 15.9. The molecule has 0 spiro atoms. The van der Waals surface area contributed by atoms with E-state index in [1.54, 1.807) is 13.8 Å². The lowest BCUT2D eigenvalue weighted by molar-refractivity contribution is -0.149. The van der Waals surface area contributed by atoms with Gasteiger partial charge in [-0.1, -0.05) is 62.4 Å². The first-order valence-electron chi connectivity index (χ1n) is 11.6. The molecule has 0 saturated heterocycles. The lowest BCUT2D eigenvalue weighted by Gasteiger charge is -2.37. The van der Waals surface area contributed by atoms with Crippen molar-refractivity contribution in [3.05, 3.63) is 59.7 Å². The number of carbonyl (C=O) groups excluding carboxylic acids is 2. The molecule has 2 aromatic carbocycles. The van der Waals surface area contributed by atoms with Crippen molar-refractivity contribution in [2.45, 2.75) is 57.0 Å². The van der Waals surface area contributed by atoms with Crippen molar-refractivity contribution >= 4 is 18.0 Å². The molecule has 2 aliphatic carbocycles. The standard InChI is InChI=1S/C26H30N2O5/c1-3-26(4-2,24(30)31)28-23(29)16-13-17(14-16)27-25(32)33-15-22-20-11-7-5-9-18(20)19-10-6-8-12-21(19)22/h5-12,16-17,22H,3-4,13-15H2,1-2H3,(H,27,32)(H,28,29)(H,30,31). The second-order valence-electron chi connectivity index (χ2n) is 8.92. The van der Waals surface area contributed by atoms with E-state index in [4.69, 9.17) is 4.74 Å². The molecule has 174 valence electrons. The van der Waals surface area contributed by atoms with Crippen LogP contribution in [0.5, 0.6) is 0 Å². The average Bonchev–Trinajstić information content (AvgIpc) is 3.11. The fraction of sp³-hybridized carbons (Fsp3) is 0.423. The highest BCUT2D eigenvalue weighted by molar-refractivity contribution is 5.88. The van der Waals surface area contributed by atoms with E-state index in [-0.39, 0.29) is 30.4 Å². The SMILES string of the molecule is CCC(CC)(NC(=O)C1CC(NC(=O)OCC2c3ccccc3-c3ccccc32)C1)C(=O)O. The van der Waals surface area contributed by atoms with Gasteiger partial charge in [-0.3, -0.25) is 4.79 Å². The number of carbonyl (C=O) groups is 3. The molecule has 33 heavy (non-hydrogen) atoms. The Morgan fingerprint density at radius 2 is 1.52 bits per heavy atom. The Balaban J connectivity index is 1.28. The molecule has 7 heteroatoms. The van der Waals surface area contributed by atoms with Crippen LogP contribution in [0.1, 0.15) is 56.6 Å². The maximum Gasteiger partial charge on any atom is 0.407 e. The second-order valence-corrected chi connectivity index (χ2v) is 8.92. The molecule has 7 nitrogen and oxygen atoms in total. The van der Waals surface area contributed by atoms with Gasteiger partial charge in [0.05, 0.1) is 0 Å². The summed E-state index contributed by atoms with van der Waals surface area (Å²) < 4.78 is 5.56. The third kappa shape index (κ3) is 4.32. The van der Waals surface area contributed by atoms with Crippen LogP contribution in [-0.4, -0.2) is 41.3 Å². The lowest BCUT2D eigenvalue weighted by atomic mass is 9.78. The van der Waals surface area contributed by atoms with E-state index >= 15 is 0 Å². The minimum atomic E-state index is -1.23. The topological polar surface area (TPSA) is 105 Å². The van der Waals surface area contributed by atoms with E-state index in [0.717, 1.165) is 11.1 Å². The Morgan fingerprint density at radius 3 is 2.03 bits per heavy atom. The van der Waals surface area contributed by atoms with Gasteiger partial charge in [0.2, 0.25) is 5.91 Å². The maximum absolute atomic E-state index is 12.5. The molecular weight excluding hydrogens is 420 g/mol. The van der Waals surface area contributed by atoms with Crippen LogP contribution in [0.3, 0.4) is 0 Å². The van der Waals surface area contributed by atoms with Crippen LogP contribution in [0.4, 0.5) is 4.79 Å². The maximum atomic E-state index is 12.5. The van der Waals surface area contributed by atoms with E-state index in [1.807, 2.05) is 24.3 Å². The van der Waals surface area contributed by atoms with E-state index in [1.165, 1.54) is 11.1 Å². The van der Waals surface area contributed by atoms with Crippen molar-refractivity contribution in [3.63, 3.8) is 0 Å². The Morgan fingerprint density at radius 1 is 0.970 bits per heavy atom. The number of carboxylic acid groups (broad SMARTS) is 1. The third-order valence-corrected chi connectivity index (χ3v) is 7.15. The number of aliphatic carboxylic acids is 1. The number of carboxylic acids is 1. The Labute approximate surface area is 193 Å². The molecule has 0 aliphatic heterocycles. The van der Waals surface area contributed by atoms with Crippen LogP contribution < -0.4 is 10.6 Å². The van der Waals surface area contributed by atoms with Crippen molar-refractivity contribution < 1.29 is 24.2 Å². The Hall–Kier alpha value is -3.35. The zero-order valence-electron chi connectivity index (χ0n) is 19.0. The molecule has 1 fully saturated rings. The quantitative estimate of drug-likeness (QED) is 0.563. The summed E-state index contributed by atoms with van der Waals surface area (Å²) in [5.41, 5.74) is 3.42. The van der Waals surface area contributed by atoms with Crippen molar-refractivity contribution in [2.75, 3.05) is 6.61 Å². The van der Waals surface area contributed by atoms with Gasteiger partial charge in [-0.25, -0.2) is 9.59 Å². The second kappa shape index (κ2) is 9.25. The minimum Gasteiger partial charge on any atom is -0.480 e. The number of hydrogen-bond donors (Lipinski definition) is 3. The van der Waals surface area contributed by atoms with Crippen LogP contribution >= 0.6 is 0 Å². The summed E-state index contributed by atoms with van der Waals surface area (Å²) >= 11 is 0. The number of nitrogens with one attached hydrogen (secondary N) is 2. The molecule has 2 amide bonds. The predicted molar refractivity (Wildman–Crippen MR) is 124 cm³/mol. The highest BCUT2D eigenvalue weighted by atomic mass is 16.5. The molecule has 0 bridgehead atoms. The van der Waals surface area contributed by atoms with Gasteiger partial charge in [0.25, 0.3) is 0 Å². The highest BCUT2D eigenvalue weighted by Gasteiger charge is 2.42. The number of ether oxygens (including phenoxy) is 1. The van der Waals surface area contributed by atoms with E-state index in [0.29, 0.717) is 25.7 Å². The van der Waals surface area contributed by atoms with Gasteiger partial charge in [-0.2, -0.15) is 0 Å². The molecule has 3 N–H and O–H groups in total. The zero-order chi connectivity index (χ0) is 23.6. The summed E-state index contributed by atoms with van der Waals surface area (Å²) in [7, 11) is 0. The largest absolute Gasteiger partial charge is 0.480 e. The van der Waals surface area contributed by atoms with Crippen LogP contribution in [0.2, 0.25) is 0 Å². The Kier molecular flexibility index (Phi) is 6.40. The molecule has 2 aromatic rings. The van der Waals surface area contributed by atoms with E-state index in [2.05, 4.69) is 34.9 Å². The Bertz CT molecular complexity index is 1010. The smallest absolute Gasteiger partial charge is 0.407 e.